The predicted octanol–water partition coefficient (Wildman–Crippen LogP) is 3.10. The zero-order chi connectivity index (χ0) is 18.5. The first kappa shape index (κ1) is 17.3. The van der Waals surface area contributed by atoms with E-state index >= 15 is 0 Å². The fourth-order valence-corrected chi connectivity index (χ4v) is 2.49. The first-order valence-corrected chi connectivity index (χ1v) is 7.97. The van der Waals surface area contributed by atoms with Crippen LogP contribution in [0.5, 0.6) is 17.2 Å². The number of rotatable bonds is 5. The van der Waals surface area contributed by atoms with Crippen LogP contribution in [0, 0.1) is 0 Å². The van der Waals surface area contributed by atoms with Crippen LogP contribution < -0.4 is 10.1 Å². The minimum Gasteiger partial charge on any atom is -0.508 e. The Balaban J connectivity index is 1.73. The van der Waals surface area contributed by atoms with E-state index in [1.54, 1.807) is 48.5 Å². The largest absolute Gasteiger partial charge is 0.508 e. The highest BCUT2D eigenvalue weighted by molar-refractivity contribution is 5.92. The van der Waals surface area contributed by atoms with Crippen molar-refractivity contribution >= 4 is 5.91 Å². The van der Waals surface area contributed by atoms with Crippen molar-refractivity contribution in [2.45, 2.75) is 6.54 Å². The highest BCUT2D eigenvalue weighted by Gasteiger charge is 2.10. The Morgan fingerprint density at radius 2 is 1.88 bits per heavy atom. The molecule has 1 heterocycles. The van der Waals surface area contributed by atoms with E-state index < -0.39 is 0 Å². The highest BCUT2D eigenvalue weighted by atomic mass is 16.5. The molecule has 0 saturated carbocycles. The number of carbonyl (C=O) groups excluding carboxylic acids is 1. The Kier molecular flexibility index (Phi) is 5.03. The lowest BCUT2D eigenvalue weighted by Gasteiger charge is -2.09. The minimum atomic E-state index is -0.320. The summed E-state index contributed by atoms with van der Waals surface area (Å²) in [5.41, 5.74) is 2.39. The second kappa shape index (κ2) is 7.57. The summed E-state index contributed by atoms with van der Waals surface area (Å²) in [5.74, 6) is 0.211. The summed E-state index contributed by atoms with van der Waals surface area (Å²) in [5, 5.41) is 22.0. The maximum Gasteiger partial charge on any atom is 0.270 e. The predicted molar refractivity (Wildman–Crippen MR) is 97.2 cm³/mol. The Morgan fingerprint density at radius 1 is 1.08 bits per heavy atom. The first-order valence-electron chi connectivity index (χ1n) is 7.97. The number of amides is 1. The fraction of sp³-hybridized carbons (Fsp3) is 0.100. The number of aromatic nitrogens is 1. The molecule has 0 aliphatic carbocycles. The summed E-state index contributed by atoms with van der Waals surface area (Å²) in [7, 11) is 1.47. The van der Waals surface area contributed by atoms with Gasteiger partial charge in [-0.05, 0) is 42.0 Å². The lowest BCUT2D eigenvalue weighted by Crippen LogP contribution is -2.23. The van der Waals surface area contributed by atoms with E-state index in [0.29, 0.717) is 11.4 Å². The Bertz CT molecular complexity index is 941. The van der Waals surface area contributed by atoms with E-state index in [2.05, 4.69) is 10.3 Å². The molecule has 6 nitrogen and oxygen atoms in total. The number of hydrogen-bond acceptors (Lipinski definition) is 5. The molecular weight excluding hydrogens is 332 g/mol. The van der Waals surface area contributed by atoms with Gasteiger partial charge in [-0.15, -0.1) is 0 Å². The van der Waals surface area contributed by atoms with Crippen LogP contribution in [0.25, 0.3) is 11.3 Å². The minimum absolute atomic E-state index is 0.0445. The van der Waals surface area contributed by atoms with Crippen LogP contribution in [0.4, 0.5) is 0 Å². The fourth-order valence-electron chi connectivity index (χ4n) is 2.49. The molecule has 1 amide bonds. The van der Waals surface area contributed by atoms with Crippen LogP contribution in [-0.4, -0.2) is 28.2 Å². The van der Waals surface area contributed by atoms with Crippen molar-refractivity contribution < 1.29 is 19.7 Å². The zero-order valence-electron chi connectivity index (χ0n) is 14.1. The van der Waals surface area contributed by atoms with Crippen LogP contribution >= 0.6 is 0 Å². The standard InChI is InChI=1S/C20H18N2O4/c1-26-19-10-13(8-9-18(19)24)12-21-20(25)17-7-3-6-16(22-17)14-4-2-5-15(23)11-14/h2-11,23-24H,12H2,1H3,(H,21,25). The van der Waals surface area contributed by atoms with E-state index in [1.807, 2.05) is 6.07 Å². The molecule has 0 spiro atoms. The molecule has 0 aliphatic rings. The normalized spacial score (nSPS) is 10.3. The van der Waals surface area contributed by atoms with Crippen molar-refractivity contribution in [2.75, 3.05) is 7.11 Å². The van der Waals surface area contributed by atoms with Crippen LogP contribution in [0.2, 0.25) is 0 Å². The van der Waals surface area contributed by atoms with Crippen LogP contribution in [0.15, 0.2) is 60.7 Å². The first-order chi connectivity index (χ1) is 12.6. The van der Waals surface area contributed by atoms with Gasteiger partial charge in [0.05, 0.1) is 12.8 Å². The molecule has 0 aliphatic heterocycles. The third kappa shape index (κ3) is 3.92. The molecule has 3 rings (SSSR count). The molecule has 0 atom stereocenters. The van der Waals surface area contributed by atoms with Crippen molar-refractivity contribution in [1.82, 2.24) is 10.3 Å². The number of ether oxygens (including phenoxy) is 1. The van der Waals surface area contributed by atoms with Crippen molar-refractivity contribution in [3.8, 4) is 28.5 Å². The molecule has 0 fully saturated rings. The molecular formula is C20H18N2O4. The van der Waals surface area contributed by atoms with Crippen molar-refractivity contribution in [2.24, 2.45) is 0 Å². The smallest absolute Gasteiger partial charge is 0.270 e. The maximum atomic E-state index is 12.4. The number of nitrogens with one attached hydrogen (secondary N) is 1. The lowest BCUT2D eigenvalue weighted by atomic mass is 10.1. The summed E-state index contributed by atoms with van der Waals surface area (Å²) in [6, 6.07) is 16.7. The monoisotopic (exact) mass is 350 g/mol. The Morgan fingerprint density at radius 3 is 2.65 bits per heavy atom. The average molecular weight is 350 g/mol. The number of benzene rings is 2. The van der Waals surface area contributed by atoms with Gasteiger partial charge in [-0.3, -0.25) is 4.79 Å². The molecule has 1 aromatic heterocycles. The summed E-state index contributed by atoms with van der Waals surface area (Å²) >= 11 is 0. The summed E-state index contributed by atoms with van der Waals surface area (Å²) in [6.07, 6.45) is 0. The molecule has 0 unspecified atom stereocenters. The molecule has 0 radical (unpaired) electrons. The number of pyridine rings is 1. The molecule has 26 heavy (non-hydrogen) atoms. The molecule has 0 saturated heterocycles. The second-order valence-corrected chi connectivity index (χ2v) is 5.65. The van der Waals surface area contributed by atoms with Gasteiger partial charge < -0.3 is 20.3 Å². The quantitative estimate of drug-likeness (QED) is 0.658. The molecule has 3 N–H and O–H groups in total. The molecule has 6 heteroatoms. The van der Waals surface area contributed by atoms with Gasteiger partial charge in [-0.25, -0.2) is 4.98 Å². The van der Waals surface area contributed by atoms with Gasteiger partial charge >= 0.3 is 0 Å². The van der Waals surface area contributed by atoms with Gasteiger partial charge in [0, 0.05) is 12.1 Å². The topological polar surface area (TPSA) is 91.7 Å². The van der Waals surface area contributed by atoms with E-state index in [4.69, 9.17) is 4.74 Å². The number of methoxy groups -OCH3 is 1. The van der Waals surface area contributed by atoms with Gasteiger partial charge in [-0.1, -0.05) is 24.3 Å². The average Bonchev–Trinajstić information content (AvgIpc) is 2.67. The maximum absolute atomic E-state index is 12.4. The van der Waals surface area contributed by atoms with E-state index in [9.17, 15) is 15.0 Å². The summed E-state index contributed by atoms with van der Waals surface area (Å²) in [4.78, 5) is 16.7. The van der Waals surface area contributed by atoms with Crippen molar-refractivity contribution in [3.05, 3.63) is 71.9 Å². The molecule has 0 bridgehead atoms. The van der Waals surface area contributed by atoms with Gasteiger partial charge in [0.25, 0.3) is 5.91 Å². The number of phenols is 2. The number of carbonyl (C=O) groups is 1. The van der Waals surface area contributed by atoms with Gasteiger partial charge in [0.2, 0.25) is 0 Å². The van der Waals surface area contributed by atoms with Crippen LogP contribution in [0.1, 0.15) is 16.1 Å². The van der Waals surface area contributed by atoms with Gasteiger partial charge in [0.15, 0.2) is 11.5 Å². The molecule has 2 aromatic carbocycles. The lowest BCUT2D eigenvalue weighted by molar-refractivity contribution is 0.0946. The Labute approximate surface area is 150 Å². The van der Waals surface area contributed by atoms with Crippen LogP contribution in [0.3, 0.4) is 0 Å². The van der Waals surface area contributed by atoms with E-state index in [0.717, 1.165) is 11.1 Å². The Hall–Kier alpha value is -3.54. The molecule has 3 aromatic rings. The summed E-state index contributed by atoms with van der Waals surface area (Å²) < 4.78 is 5.06. The number of aromatic hydroxyl groups is 2. The number of phenolic OH excluding ortho intramolecular Hbond substituents is 2. The van der Waals surface area contributed by atoms with Gasteiger partial charge in [-0.2, -0.15) is 0 Å². The third-order valence-corrected chi connectivity index (χ3v) is 3.82. The summed E-state index contributed by atoms with van der Waals surface area (Å²) in [6.45, 7) is 0.271. The van der Waals surface area contributed by atoms with E-state index in [1.165, 1.54) is 13.2 Å². The van der Waals surface area contributed by atoms with E-state index in [-0.39, 0.29) is 29.6 Å². The van der Waals surface area contributed by atoms with Crippen LogP contribution in [-0.2, 0) is 6.54 Å². The highest BCUT2D eigenvalue weighted by Crippen LogP contribution is 2.26. The number of hydrogen-bond donors (Lipinski definition) is 3. The third-order valence-electron chi connectivity index (χ3n) is 3.82. The SMILES string of the molecule is COc1cc(CNC(=O)c2cccc(-c3cccc(O)c3)n2)ccc1O. The zero-order valence-corrected chi connectivity index (χ0v) is 14.1. The van der Waals surface area contributed by atoms with Crippen molar-refractivity contribution in [3.63, 3.8) is 0 Å². The van der Waals surface area contributed by atoms with Crippen molar-refractivity contribution in [1.29, 1.82) is 0 Å². The number of nitrogens with zero attached hydrogens (tertiary/aromatic N) is 1. The van der Waals surface area contributed by atoms with Gasteiger partial charge in [0.1, 0.15) is 11.4 Å². The molecule has 132 valence electrons. The second-order valence-electron chi connectivity index (χ2n) is 5.65.